The average molecular weight is 299 g/mol. The van der Waals surface area contributed by atoms with Crippen LogP contribution in [0, 0.1) is 6.92 Å². The van der Waals surface area contributed by atoms with E-state index in [0.717, 1.165) is 0 Å². The minimum Gasteiger partial charge on any atom is -0.476 e. The molecule has 10 heteroatoms. The van der Waals surface area contributed by atoms with Crippen LogP contribution in [0.4, 0.5) is 0 Å². The highest BCUT2D eigenvalue weighted by Crippen LogP contribution is 2.10. The number of nitrogens with zero attached hydrogens (tertiary/aromatic N) is 3. The molecule has 2 aromatic rings. The molecule has 0 atom stereocenters. The van der Waals surface area contributed by atoms with Gasteiger partial charge in [0.05, 0.1) is 18.2 Å². The van der Waals surface area contributed by atoms with Gasteiger partial charge in [0.25, 0.3) is 0 Å². The van der Waals surface area contributed by atoms with Crippen molar-refractivity contribution in [1.82, 2.24) is 24.5 Å². The van der Waals surface area contributed by atoms with E-state index < -0.39 is 16.0 Å². The number of aromatic nitrogens is 4. The molecule has 3 N–H and O–H groups in total. The van der Waals surface area contributed by atoms with Gasteiger partial charge in [-0.15, -0.1) is 0 Å². The van der Waals surface area contributed by atoms with Crippen LogP contribution in [0.15, 0.2) is 23.6 Å². The Kier molecular flexibility index (Phi) is 3.86. The Labute approximate surface area is 114 Å². The SMILES string of the molecule is Cc1[nH]ncc1S(=O)(=O)NCCn1cnc(C(=O)O)c1. The second kappa shape index (κ2) is 5.43. The monoisotopic (exact) mass is 299 g/mol. The molecule has 20 heavy (non-hydrogen) atoms. The van der Waals surface area contributed by atoms with Crippen molar-refractivity contribution in [2.24, 2.45) is 0 Å². The van der Waals surface area contributed by atoms with Gasteiger partial charge in [0.1, 0.15) is 4.90 Å². The predicted molar refractivity (Wildman–Crippen MR) is 67.7 cm³/mol. The quantitative estimate of drug-likeness (QED) is 0.665. The van der Waals surface area contributed by atoms with E-state index in [0.29, 0.717) is 5.69 Å². The number of aryl methyl sites for hydroxylation is 1. The number of carboxylic acid groups (broad SMARTS) is 1. The molecule has 0 aliphatic rings. The summed E-state index contributed by atoms with van der Waals surface area (Å²) in [6.45, 7) is 2.00. The van der Waals surface area contributed by atoms with E-state index >= 15 is 0 Å². The molecule has 2 heterocycles. The standard InChI is InChI=1S/C10H13N5O4S/c1-7-9(4-12-14-7)20(18,19)13-2-3-15-5-8(10(16)17)11-6-15/h4-6,13H,2-3H2,1H3,(H,12,14)(H,16,17). The van der Waals surface area contributed by atoms with Crippen LogP contribution in [0.5, 0.6) is 0 Å². The fraction of sp³-hybridized carbons (Fsp3) is 0.300. The maximum Gasteiger partial charge on any atom is 0.356 e. The number of hydrogen-bond donors (Lipinski definition) is 3. The van der Waals surface area contributed by atoms with Gasteiger partial charge < -0.3 is 9.67 Å². The number of aromatic carboxylic acids is 1. The molecule has 0 aliphatic carbocycles. The second-order valence-electron chi connectivity index (χ2n) is 4.06. The molecule has 0 saturated heterocycles. The summed E-state index contributed by atoms with van der Waals surface area (Å²) in [7, 11) is -3.62. The molecule has 0 amide bonds. The summed E-state index contributed by atoms with van der Waals surface area (Å²) in [5, 5.41) is 14.9. The molecular weight excluding hydrogens is 286 g/mol. The number of carbonyl (C=O) groups is 1. The van der Waals surface area contributed by atoms with Gasteiger partial charge in [-0.05, 0) is 6.92 Å². The van der Waals surface area contributed by atoms with Crippen LogP contribution in [0.1, 0.15) is 16.2 Å². The first kappa shape index (κ1) is 14.2. The van der Waals surface area contributed by atoms with Crippen LogP contribution in [0.3, 0.4) is 0 Å². The van der Waals surface area contributed by atoms with Gasteiger partial charge in [0, 0.05) is 19.3 Å². The largest absolute Gasteiger partial charge is 0.476 e. The van der Waals surface area contributed by atoms with Crippen LogP contribution >= 0.6 is 0 Å². The lowest BCUT2D eigenvalue weighted by Crippen LogP contribution is -2.27. The molecule has 0 bridgehead atoms. The fourth-order valence-corrected chi connectivity index (χ4v) is 2.75. The van der Waals surface area contributed by atoms with Gasteiger partial charge in [-0.2, -0.15) is 5.10 Å². The van der Waals surface area contributed by atoms with Crippen molar-refractivity contribution in [3.63, 3.8) is 0 Å². The minimum absolute atomic E-state index is 0.0847. The van der Waals surface area contributed by atoms with Crippen molar-refractivity contribution in [3.8, 4) is 0 Å². The van der Waals surface area contributed by atoms with Crippen molar-refractivity contribution in [2.45, 2.75) is 18.4 Å². The van der Waals surface area contributed by atoms with Gasteiger partial charge in [-0.3, -0.25) is 5.10 Å². The first-order valence-corrected chi connectivity index (χ1v) is 7.13. The Morgan fingerprint density at radius 2 is 2.30 bits per heavy atom. The lowest BCUT2D eigenvalue weighted by molar-refractivity contribution is 0.0691. The molecule has 0 aromatic carbocycles. The molecule has 0 saturated carbocycles. The van der Waals surface area contributed by atoms with E-state index in [-0.39, 0.29) is 23.7 Å². The van der Waals surface area contributed by atoms with E-state index in [1.807, 2.05) is 0 Å². The highest BCUT2D eigenvalue weighted by atomic mass is 32.2. The van der Waals surface area contributed by atoms with Crippen molar-refractivity contribution in [3.05, 3.63) is 30.1 Å². The van der Waals surface area contributed by atoms with Gasteiger partial charge >= 0.3 is 5.97 Å². The molecule has 0 spiro atoms. The first-order valence-electron chi connectivity index (χ1n) is 5.65. The number of H-pyrrole nitrogens is 1. The van der Waals surface area contributed by atoms with Gasteiger partial charge in [-0.1, -0.05) is 0 Å². The summed E-state index contributed by atoms with van der Waals surface area (Å²) < 4.78 is 27.8. The summed E-state index contributed by atoms with van der Waals surface area (Å²) >= 11 is 0. The second-order valence-corrected chi connectivity index (χ2v) is 5.79. The lowest BCUT2D eigenvalue weighted by Gasteiger charge is -2.06. The third-order valence-corrected chi connectivity index (χ3v) is 4.16. The van der Waals surface area contributed by atoms with Gasteiger partial charge in [0.15, 0.2) is 5.69 Å². The Hall–Kier alpha value is -2.20. The van der Waals surface area contributed by atoms with Crippen LogP contribution in [0.25, 0.3) is 0 Å². The summed E-state index contributed by atoms with van der Waals surface area (Å²) in [4.78, 5) is 14.4. The Bertz CT molecular complexity index is 718. The van der Waals surface area contributed by atoms with E-state index in [4.69, 9.17) is 5.11 Å². The van der Waals surface area contributed by atoms with Crippen molar-refractivity contribution < 1.29 is 18.3 Å². The van der Waals surface area contributed by atoms with Crippen molar-refractivity contribution in [1.29, 1.82) is 0 Å². The van der Waals surface area contributed by atoms with Crippen LogP contribution < -0.4 is 4.72 Å². The first-order chi connectivity index (χ1) is 9.40. The van der Waals surface area contributed by atoms with Crippen LogP contribution in [-0.4, -0.2) is 45.8 Å². The predicted octanol–water partition coefficient (Wildman–Crippen LogP) is -0.409. The zero-order valence-corrected chi connectivity index (χ0v) is 11.4. The molecule has 0 unspecified atom stereocenters. The molecular formula is C10H13N5O4S. The lowest BCUT2D eigenvalue weighted by atomic mass is 10.5. The number of hydrogen-bond acceptors (Lipinski definition) is 5. The van der Waals surface area contributed by atoms with E-state index in [1.165, 1.54) is 23.3 Å². The number of nitrogens with one attached hydrogen (secondary N) is 2. The normalized spacial score (nSPS) is 11.7. The van der Waals surface area contributed by atoms with Gasteiger partial charge in [0.2, 0.25) is 10.0 Å². The zero-order valence-electron chi connectivity index (χ0n) is 10.6. The van der Waals surface area contributed by atoms with Crippen molar-refractivity contribution >= 4 is 16.0 Å². The Morgan fingerprint density at radius 1 is 1.55 bits per heavy atom. The van der Waals surface area contributed by atoms with E-state index in [2.05, 4.69) is 19.9 Å². The molecule has 108 valence electrons. The Balaban J connectivity index is 1.95. The summed E-state index contributed by atoms with van der Waals surface area (Å²) in [6, 6.07) is 0. The maximum atomic E-state index is 11.9. The number of aromatic amines is 1. The molecule has 0 aliphatic heterocycles. The topological polar surface area (TPSA) is 130 Å². The third-order valence-electron chi connectivity index (χ3n) is 2.59. The summed E-state index contributed by atoms with van der Waals surface area (Å²) in [5.74, 6) is -1.13. The summed E-state index contributed by atoms with van der Waals surface area (Å²) in [5.41, 5.74) is 0.367. The van der Waals surface area contributed by atoms with Gasteiger partial charge in [-0.25, -0.2) is 22.9 Å². The highest BCUT2D eigenvalue weighted by Gasteiger charge is 2.17. The maximum absolute atomic E-state index is 11.9. The molecule has 0 radical (unpaired) electrons. The summed E-state index contributed by atoms with van der Waals surface area (Å²) in [6.07, 6.45) is 3.90. The van der Waals surface area contributed by atoms with Crippen LogP contribution in [-0.2, 0) is 16.6 Å². The zero-order chi connectivity index (χ0) is 14.8. The highest BCUT2D eigenvalue weighted by molar-refractivity contribution is 7.89. The number of imidazole rings is 1. The fourth-order valence-electron chi connectivity index (χ4n) is 1.59. The molecule has 2 rings (SSSR count). The molecule has 0 fully saturated rings. The van der Waals surface area contributed by atoms with E-state index in [1.54, 1.807) is 6.92 Å². The van der Waals surface area contributed by atoms with E-state index in [9.17, 15) is 13.2 Å². The average Bonchev–Trinajstić information content (AvgIpc) is 2.97. The molecule has 9 nitrogen and oxygen atoms in total. The molecule has 2 aromatic heterocycles. The number of rotatable bonds is 6. The number of sulfonamides is 1. The third kappa shape index (κ3) is 3.03. The Morgan fingerprint density at radius 3 is 2.85 bits per heavy atom. The smallest absolute Gasteiger partial charge is 0.356 e. The van der Waals surface area contributed by atoms with Crippen LogP contribution in [0.2, 0.25) is 0 Å². The minimum atomic E-state index is -3.62. The number of carboxylic acids is 1. The van der Waals surface area contributed by atoms with Crippen molar-refractivity contribution in [2.75, 3.05) is 6.54 Å².